The SMILES string of the molecule is CN(C)C[C@H]1COc2ccccc2CN1C[C@@H]1CCCN1C(=O)Cc1ccc(F)cc1. The highest BCUT2D eigenvalue weighted by Crippen LogP contribution is 2.27. The van der Waals surface area contributed by atoms with E-state index in [9.17, 15) is 9.18 Å². The van der Waals surface area contributed by atoms with Crippen LogP contribution in [0.15, 0.2) is 48.5 Å². The van der Waals surface area contributed by atoms with Crippen LogP contribution in [-0.2, 0) is 17.8 Å². The number of carbonyl (C=O) groups is 1. The van der Waals surface area contributed by atoms with Crippen molar-refractivity contribution < 1.29 is 13.9 Å². The molecule has 4 rings (SSSR count). The highest BCUT2D eigenvalue weighted by Gasteiger charge is 2.33. The topological polar surface area (TPSA) is 36.0 Å². The number of likely N-dealkylation sites (N-methyl/N-ethyl adjacent to an activating group) is 1. The fourth-order valence-electron chi connectivity index (χ4n) is 4.72. The molecule has 31 heavy (non-hydrogen) atoms. The Morgan fingerprint density at radius 1 is 1.13 bits per heavy atom. The van der Waals surface area contributed by atoms with Gasteiger partial charge in [0.25, 0.3) is 0 Å². The lowest BCUT2D eigenvalue weighted by molar-refractivity contribution is -0.131. The number of likely N-dealkylation sites (tertiary alicyclic amines) is 1. The summed E-state index contributed by atoms with van der Waals surface area (Å²) in [4.78, 5) is 19.8. The first-order valence-electron chi connectivity index (χ1n) is 11.1. The highest BCUT2D eigenvalue weighted by atomic mass is 19.1. The van der Waals surface area contributed by atoms with E-state index >= 15 is 0 Å². The van der Waals surface area contributed by atoms with Gasteiger partial charge in [0, 0.05) is 37.8 Å². The second-order valence-electron chi connectivity index (χ2n) is 8.95. The number of benzene rings is 2. The van der Waals surface area contributed by atoms with Crippen LogP contribution in [0.2, 0.25) is 0 Å². The molecule has 166 valence electrons. The fraction of sp³-hybridized carbons (Fsp3) is 0.480. The minimum Gasteiger partial charge on any atom is -0.492 e. The largest absolute Gasteiger partial charge is 0.492 e. The minimum atomic E-state index is -0.272. The van der Waals surface area contributed by atoms with E-state index in [4.69, 9.17) is 4.74 Å². The van der Waals surface area contributed by atoms with Crippen LogP contribution >= 0.6 is 0 Å². The Morgan fingerprint density at radius 2 is 1.90 bits per heavy atom. The van der Waals surface area contributed by atoms with E-state index in [2.05, 4.69) is 36.0 Å². The fourth-order valence-corrected chi connectivity index (χ4v) is 4.72. The van der Waals surface area contributed by atoms with Crippen molar-refractivity contribution in [3.63, 3.8) is 0 Å². The van der Waals surface area contributed by atoms with Crippen LogP contribution in [0.5, 0.6) is 5.75 Å². The van der Waals surface area contributed by atoms with Gasteiger partial charge in [0.2, 0.25) is 5.91 Å². The molecule has 0 bridgehead atoms. The predicted octanol–water partition coefficient (Wildman–Crippen LogP) is 3.18. The van der Waals surface area contributed by atoms with Gasteiger partial charge in [0.05, 0.1) is 12.5 Å². The maximum atomic E-state index is 13.2. The van der Waals surface area contributed by atoms with Gasteiger partial charge in [-0.25, -0.2) is 4.39 Å². The molecule has 6 heteroatoms. The molecule has 0 radical (unpaired) electrons. The Bertz CT molecular complexity index is 887. The number of ether oxygens (including phenoxy) is 1. The second kappa shape index (κ2) is 9.79. The maximum Gasteiger partial charge on any atom is 0.227 e. The summed E-state index contributed by atoms with van der Waals surface area (Å²) in [5, 5.41) is 0. The third-order valence-corrected chi connectivity index (χ3v) is 6.28. The molecule has 0 aliphatic carbocycles. The first kappa shape index (κ1) is 21.8. The van der Waals surface area contributed by atoms with Crippen LogP contribution in [-0.4, -0.2) is 73.0 Å². The molecule has 0 aromatic heterocycles. The number of hydrogen-bond acceptors (Lipinski definition) is 4. The normalized spacial score (nSPS) is 21.6. The van der Waals surface area contributed by atoms with Gasteiger partial charge in [0.1, 0.15) is 18.2 Å². The lowest BCUT2D eigenvalue weighted by Gasteiger charge is -2.35. The number of hydrogen-bond donors (Lipinski definition) is 0. The first-order chi connectivity index (χ1) is 15.0. The third-order valence-electron chi connectivity index (χ3n) is 6.28. The molecule has 2 aliphatic heterocycles. The van der Waals surface area contributed by atoms with E-state index in [0.29, 0.717) is 13.0 Å². The molecule has 0 spiro atoms. The number of nitrogens with zero attached hydrogens (tertiary/aromatic N) is 3. The van der Waals surface area contributed by atoms with Crippen molar-refractivity contribution in [2.24, 2.45) is 0 Å². The standard InChI is InChI=1S/C25H32FN3O2/c1-27(2)16-23-18-31-24-8-4-3-6-20(24)15-28(23)17-22-7-5-13-29(22)25(30)14-19-9-11-21(26)12-10-19/h3-4,6,8-12,22-23H,5,7,13-18H2,1-2H3/t22-,23-/m0/s1. The summed E-state index contributed by atoms with van der Waals surface area (Å²) in [7, 11) is 4.18. The average molecular weight is 426 g/mol. The van der Waals surface area contributed by atoms with Crippen molar-refractivity contribution in [1.82, 2.24) is 14.7 Å². The Kier molecular flexibility index (Phi) is 6.88. The van der Waals surface area contributed by atoms with Crippen molar-refractivity contribution in [2.75, 3.05) is 40.3 Å². The first-order valence-corrected chi connectivity index (χ1v) is 11.1. The number of rotatable bonds is 6. The summed E-state index contributed by atoms with van der Waals surface area (Å²) >= 11 is 0. The second-order valence-corrected chi connectivity index (χ2v) is 8.95. The molecule has 2 atom stereocenters. The van der Waals surface area contributed by atoms with E-state index < -0.39 is 0 Å². The molecule has 1 fully saturated rings. The third kappa shape index (κ3) is 5.43. The summed E-state index contributed by atoms with van der Waals surface area (Å²) in [6, 6.07) is 15.0. The van der Waals surface area contributed by atoms with Crippen molar-refractivity contribution in [1.29, 1.82) is 0 Å². The van der Waals surface area contributed by atoms with Crippen molar-refractivity contribution in [3.8, 4) is 5.75 Å². The number of amides is 1. The molecule has 0 saturated carbocycles. The molecule has 0 N–H and O–H groups in total. The number of para-hydroxylation sites is 1. The van der Waals surface area contributed by atoms with Gasteiger partial charge in [-0.3, -0.25) is 9.69 Å². The summed E-state index contributed by atoms with van der Waals surface area (Å²) in [5.41, 5.74) is 2.06. The van der Waals surface area contributed by atoms with Gasteiger partial charge in [-0.05, 0) is 50.7 Å². The van der Waals surface area contributed by atoms with E-state index in [1.165, 1.54) is 17.7 Å². The zero-order valence-corrected chi connectivity index (χ0v) is 18.5. The quantitative estimate of drug-likeness (QED) is 0.712. The van der Waals surface area contributed by atoms with E-state index in [1.54, 1.807) is 12.1 Å². The molecule has 5 nitrogen and oxygen atoms in total. The zero-order chi connectivity index (χ0) is 21.8. The molecule has 1 saturated heterocycles. The molecule has 2 aliphatic rings. The predicted molar refractivity (Wildman–Crippen MR) is 120 cm³/mol. The molecule has 2 aromatic carbocycles. The summed E-state index contributed by atoms with van der Waals surface area (Å²) in [6.07, 6.45) is 2.37. The van der Waals surface area contributed by atoms with Gasteiger partial charge in [-0.15, -0.1) is 0 Å². The molecule has 2 aromatic rings. The van der Waals surface area contributed by atoms with E-state index in [0.717, 1.165) is 50.3 Å². The van der Waals surface area contributed by atoms with E-state index in [-0.39, 0.29) is 23.8 Å². The van der Waals surface area contributed by atoms with Crippen molar-refractivity contribution in [3.05, 3.63) is 65.5 Å². The monoisotopic (exact) mass is 425 g/mol. The van der Waals surface area contributed by atoms with Crippen LogP contribution in [0.4, 0.5) is 4.39 Å². The van der Waals surface area contributed by atoms with Gasteiger partial charge in [0.15, 0.2) is 0 Å². The smallest absolute Gasteiger partial charge is 0.227 e. The molecule has 0 unspecified atom stereocenters. The van der Waals surface area contributed by atoms with Crippen molar-refractivity contribution in [2.45, 2.75) is 37.9 Å². The molecule has 1 amide bonds. The van der Waals surface area contributed by atoms with Crippen LogP contribution in [0, 0.1) is 5.82 Å². The molecular weight excluding hydrogens is 393 g/mol. The van der Waals surface area contributed by atoms with Crippen LogP contribution in [0.1, 0.15) is 24.0 Å². The van der Waals surface area contributed by atoms with Crippen LogP contribution in [0.25, 0.3) is 0 Å². The Labute approximate surface area is 184 Å². The van der Waals surface area contributed by atoms with Gasteiger partial charge < -0.3 is 14.5 Å². The minimum absolute atomic E-state index is 0.129. The van der Waals surface area contributed by atoms with Crippen LogP contribution in [0.3, 0.4) is 0 Å². The summed E-state index contributed by atoms with van der Waals surface area (Å²) in [5.74, 6) is 0.819. The molecular formula is C25H32FN3O2. The van der Waals surface area contributed by atoms with Crippen molar-refractivity contribution >= 4 is 5.91 Å². The summed E-state index contributed by atoms with van der Waals surface area (Å²) in [6.45, 7) is 4.01. The van der Waals surface area contributed by atoms with Gasteiger partial charge >= 0.3 is 0 Å². The zero-order valence-electron chi connectivity index (χ0n) is 18.5. The van der Waals surface area contributed by atoms with E-state index in [1.807, 2.05) is 17.0 Å². The highest BCUT2D eigenvalue weighted by molar-refractivity contribution is 5.79. The maximum absolute atomic E-state index is 13.2. The van der Waals surface area contributed by atoms with Gasteiger partial charge in [-0.1, -0.05) is 30.3 Å². The molecule has 2 heterocycles. The average Bonchev–Trinajstić information content (AvgIpc) is 3.14. The summed E-state index contributed by atoms with van der Waals surface area (Å²) < 4.78 is 19.3. The van der Waals surface area contributed by atoms with Gasteiger partial charge in [-0.2, -0.15) is 0 Å². The van der Waals surface area contributed by atoms with Crippen LogP contribution < -0.4 is 4.74 Å². The number of carbonyl (C=O) groups excluding carboxylic acids is 1. The Morgan fingerprint density at radius 3 is 2.68 bits per heavy atom. The Balaban J connectivity index is 1.47. The Hall–Kier alpha value is -2.44. The number of halogens is 1. The number of fused-ring (bicyclic) bond motifs is 1. The lowest BCUT2D eigenvalue weighted by Crippen LogP contribution is -2.50. The lowest BCUT2D eigenvalue weighted by atomic mass is 10.1.